The first kappa shape index (κ1) is 13.7. The van der Waals surface area contributed by atoms with Crippen LogP contribution >= 0.6 is 0 Å². The second-order valence-electron chi connectivity index (χ2n) is 6.20. The predicted molar refractivity (Wildman–Crippen MR) is 80.3 cm³/mol. The van der Waals surface area contributed by atoms with Gasteiger partial charge < -0.3 is 14.8 Å². The third-order valence-corrected chi connectivity index (χ3v) is 4.53. The molecule has 0 unspecified atom stereocenters. The summed E-state index contributed by atoms with van der Waals surface area (Å²) in [5.41, 5.74) is 1.21. The average molecular weight is 275 g/mol. The number of ether oxygens (including phenoxy) is 2. The Bertz CT molecular complexity index is 439. The van der Waals surface area contributed by atoms with Crippen molar-refractivity contribution >= 4 is 0 Å². The van der Waals surface area contributed by atoms with E-state index in [2.05, 4.69) is 18.3 Å². The molecule has 1 saturated carbocycles. The van der Waals surface area contributed by atoms with E-state index in [1.54, 1.807) is 0 Å². The van der Waals surface area contributed by atoms with Crippen molar-refractivity contribution in [2.45, 2.75) is 39.2 Å². The van der Waals surface area contributed by atoms with Crippen LogP contribution in [0.5, 0.6) is 11.5 Å². The standard InChI is InChI=1S/C17H25NO2/c1-13-5-7-14(8-6-13)11-18-12-15-3-2-4-16-17(15)20-10-9-19-16/h2-4,13-14,18H,5-12H2,1H3. The Morgan fingerprint density at radius 1 is 1.10 bits per heavy atom. The van der Waals surface area contributed by atoms with Gasteiger partial charge in [0.2, 0.25) is 0 Å². The van der Waals surface area contributed by atoms with Crippen molar-refractivity contribution in [1.29, 1.82) is 0 Å². The molecule has 3 nitrogen and oxygen atoms in total. The summed E-state index contributed by atoms with van der Waals surface area (Å²) in [6, 6.07) is 6.16. The Kier molecular flexibility index (Phi) is 4.46. The lowest BCUT2D eigenvalue weighted by Crippen LogP contribution is -2.26. The topological polar surface area (TPSA) is 30.5 Å². The summed E-state index contributed by atoms with van der Waals surface area (Å²) in [6.07, 6.45) is 5.54. The Morgan fingerprint density at radius 2 is 1.90 bits per heavy atom. The molecule has 20 heavy (non-hydrogen) atoms. The smallest absolute Gasteiger partial charge is 0.165 e. The van der Waals surface area contributed by atoms with Gasteiger partial charge in [0.15, 0.2) is 11.5 Å². The third kappa shape index (κ3) is 3.26. The molecule has 1 aliphatic carbocycles. The fourth-order valence-corrected chi connectivity index (χ4v) is 3.22. The van der Waals surface area contributed by atoms with Gasteiger partial charge in [-0.1, -0.05) is 31.9 Å². The highest BCUT2D eigenvalue weighted by atomic mass is 16.6. The lowest BCUT2D eigenvalue weighted by Gasteiger charge is -2.26. The molecule has 2 aliphatic rings. The van der Waals surface area contributed by atoms with Crippen LogP contribution in [0.2, 0.25) is 0 Å². The van der Waals surface area contributed by atoms with Crippen LogP contribution in [0.15, 0.2) is 18.2 Å². The van der Waals surface area contributed by atoms with Crippen molar-refractivity contribution < 1.29 is 9.47 Å². The van der Waals surface area contributed by atoms with E-state index in [1.165, 1.54) is 31.2 Å². The van der Waals surface area contributed by atoms with Gasteiger partial charge >= 0.3 is 0 Å². The summed E-state index contributed by atoms with van der Waals surface area (Å²) in [5, 5.41) is 3.60. The molecular formula is C17H25NO2. The van der Waals surface area contributed by atoms with Crippen LogP contribution < -0.4 is 14.8 Å². The van der Waals surface area contributed by atoms with Gasteiger partial charge in [-0.2, -0.15) is 0 Å². The van der Waals surface area contributed by atoms with E-state index in [0.717, 1.165) is 36.4 Å². The zero-order chi connectivity index (χ0) is 13.8. The van der Waals surface area contributed by atoms with Crippen LogP contribution in [0.3, 0.4) is 0 Å². The maximum atomic E-state index is 5.75. The maximum Gasteiger partial charge on any atom is 0.165 e. The number of benzene rings is 1. The van der Waals surface area contributed by atoms with Crippen LogP contribution in [-0.2, 0) is 6.54 Å². The van der Waals surface area contributed by atoms with Crippen LogP contribution in [-0.4, -0.2) is 19.8 Å². The number of nitrogens with one attached hydrogen (secondary N) is 1. The zero-order valence-electron chi connectivity index (χ0n) is 12.4. The Balaban J connectivity index is 1.51. The first-order valence-corrected chi connectivity index (χ1v) is 7.91. The molecular weight excluding hydrogens is 250 g/mol. The minimum atomic E-state index is 0.657. The highest BCUT2D eigenvalue weighted by Crippen LogP contribution is 2.33. The van der Waals surface area contributed by atoms with Crippen molar-refractivity contribution in [2.75, 3.05) is 19.8 Å². The maximum absolute atomic E-state index is 5.75. The molecule has 0 bridgehead atoms. The number of hydrogen-bond donors (Lipinski definition) is 1. The second-order valence-corrected chi connectivity index (χ2v) is 6.20. The molecule has 0 saturated heterocycles. The highest BCUT2D eigenvalue weighted by molar-refractivity contribution is 5.47. The van der Waals surface area contributed by atoms with E-state index in [4.69, 9.17) is 9.47 Å². The van der Waals surface area contributed by atoms with Gasteiger partial charge in [-0.05, 0) is 37.3 Å². The van der Waals surface area contributed by atoms with Gasteiger partial charge in [0, 0.05) is 12.1 Å². The molecule has 3 heteroatoms. The van der Waals surface area contributed by atoms with E-state index in [1.807, 2.05) is 12.1 Å². The summed E-state index contributed by atoms with van der Waals surface area (Å²) >= 11 is 0. The number of rotatable bonds is 4. The number of para-hydroxylation sites is 1. The summed E-state index contributed by atoms with van der Waals surface area (Å²) in [5.74, 6) is 3.60. The van der Waals surface area contributed by atoms with Crippen LogP contribution in [0.4, 0.5) is 0 Å². The summed E-state index contributed by atoms with van der Waals surface area (Å²) in [7, 11) is 0. The van der Waals surface area contributed by atoms with Crippen molar-refractivity contribution in [1.82, 2.24) is 5.32 Å². The molecule has 1 N–H and O–H groups in total. The largest absolute Gasteiger partial charge is 0.486 e. The molecule has 0 atom stereocenters. The van der Waals surface area contributed by atoms with Crippen LogP contribution in [0, 0.1) is 11.8 Å². The molecule has 0 spiro atoms. The van der Waals surface area contributed by atoms with E-state index in [0.29, 0.717) is 13.2 Å². The van der Waals surface area contributed by atoms with Gasteiger partial charge in [0.05, 0.1) is 0 Å². The molecule has 1 aromatic rings. The molecule has 1 aromatic carbocycles. The van der Waals surface area contributed by atoms with Crippen molar-refractivity contribution in [2.24, 2.45) is 11.8 Å². The van der Waals surface area contributed by atoms with E-state index < -0.39 is 0 Å². The average Bonchev–Trinajstić information content (AvgIpc) is 2.49. The fraction of sp³-hybridized carbons (Fsp3) is 0.647. The van der Waals surface area contributed by atoms with Gasteiger partial charge in [-0.25, -0.2) is 0 Å². The Morgan fingerprint density at radius 3 is 2.75 bits per heavy atom. The first-order chi connectivity index (χ1) is 9.83. The number of fused-ring (bicyclic) bond motifs is 1. The SMILES string of the molecule is CC1CCC(CNCc2cccc3c2OCCO3)CC1. The molecule has 1 heterocycles. The van der Waals surface area contributed by atoms with Crippen molar-refractivity contribution in [3.8, 4) is 11.5 Å². The van der Waals surface area contributed by atoms with Gasteiger partial charge in [-0.15, -0.1) is 0 Å². The van der Waals surface area contributed by atoms with Gasteiger partial charge in [0.25, 0.3) is 0 Å². The summed E-state index contributed by atoms with van der Waals surface area (Å²) in [4.78, 5) is 0. The molecule has 110 valence electrons. The monoisotopic (exact) mass is 275 g/mol. The lowest BCUT2D eigenvalue weighted by molar-refractivity contribution is 0.169. The molecule has 0 aromatic heterocycles. The molecule has 0 amide bonds. The van der Waals surface area contributed by atoms with Gasteiger partial charge in [0.1, 0.15) is 13.2 Å². The van der Waals surface area contributed by atoms with Crippen molar-refractivity contribution in [3.05, 3.63) is 23.8 Å². The van der Waals surface area contributed by atoms with Gasteiger partial charge in [-0.3, -0.25) is 0 Å². The second kappa shape index (κ2) is 6.49. The third-order valence-electron chi connectivity index (χ3n) is 4.53. The first-order valence-electron chi connectivity index (χ1n) is 7.91. The minimum absolute atomic E-state index is 0.657. The number of hydrogen-bond acceptors (Lipinski definition) is 3. The van der Waals surface area contributed by atoms with E-state index >= 15 is 0 Å². The van der Waals surface area contributed by atoms with Crippen LogP contribution in [0.1, 0.15) is 38.2 Å². The van der Waals surface area contributed by atoms with E-state index in [-0.39, 0.29) is 0 Å². The predicted octanol–water partition coefficient (Wildman–Crippen LogP) is 3.37. The Labute approximate surface area is 121 Å². The normalized spacial score (nSPS) is 25.4. The quantitative estimate of drug-likeness (QED) is 0.914. The van der Waals surface area contributed by atoms with E-state index in [9.17, 15) is 0 Å². The van der Waals surface area contributed by atoms with Crippen LogP contribution in [0.25, 0.3) is 0 Å². The fourth-order valence-electron chi connectivity index (χ4n) is 3.22. The Hall–Kier alpha value is -1.22. The molecule has 1 aliphatic heterocycles. The molecule has 1 fully saturated rings. The zero-order valence-corrected chi connectivity index (χ0v) is 12.4. The summed E-state index contributed by atoms with van der Waals surface area (Å²) < 4.78 is 11.4. The molecule has 3 rings (SSSR count). The van der Waals surface area contributed by atoms with Crippen molar-refractivity contribution in [3.63, 3.8) is 0 Å². The minimum Gasteiger partial charge on any atom is -0.486 e. The highest BCUT2D eigenvalue weighted by Gasteiger charge is 2.19. The summed E-state index contributed by atoms with van der Waals surface area (Å²) in [6.45, 7) is 5.68. The lowest BCUT2D eigenvalue weighted by atomic mass is 9.83. The molecule has 0 radical (unpaired) electrons.